The van der Waals surface area contributed by atoms with Crippen LogP contribution < -0.4 is 10.2 Å². The Hall–Kier alpha value is -2.58. The zero-order chi connectivity index (χ0) is 22.6. The highest BCUT2D eigenvalue weighted by Gasteiger charge is 2.43. The van der Waals surface area contributed by atoms with Crippen molar-refractivity contribution in [3.05, 3.63) is 54.2 Å². The lowest BCUT2D eigenvalue weighted by molar-refractivity contribution is -0.135. The van der Waals surface area contributed by atoms with Crippen LogP contribution in [0.1, 0.15) is 31.2 Å². The zero-order valence-electron chi connectivity index (χ0n) is 18.6. The molecular formula is C24H32FN5O2. The molecule has 2 aliphatic heterocycles. The van der Waals surface area contributed by atoms with Gasteiger partial charge in [-0.1, -0.05) is 18.2 Å². The number of aliphatic hydroxyl groups is 1. The molecule has 2 aromatic rings. The van der Waals surface area contributed by atoms with Crippen molar-refractivity contribution < 1.29 is 14.3 Å². The number of hydrogen-bond donors (Lipinski definition) is 2. The first-order valence-corrected chi connectivity index (χ1v) is 11.3. The molecule has 2 N–H and O–H groups in total. The number of carbonyl (C=O) groups excluding carboxylic acids is 1. The predicted molar refractivity (Wildman–Crippen MR) is 121 cm³/mol. The molecule has 0 bridgehead atoms. The first-order chi connectivity index (χ1) is 15.4. The van der Waals surface area contributed by atoms with Crippen LogP contribution in [0.25, 0.3) is 0 Å². The SMILES string of the molecule is CN1CCC(Cc2ccccc2F)(C(=O)NC[C@]2(O)CCCN(c3cnccn3)C2)CC1. The summed E-state index contributed by atoms with van der Waals surface area (Å²) in [7, 11) is 2.04. The molecule has 32 heavy (non-hydrogen) atoms. The maximum atomic E-state index is 14.4. The summed E-state index contributed by atoms with van der Waals surface area (Å²) in [6.45, 7) is 2.91. The molecule has 8 heteroatoms. The van der Waals surface area contributed by atoms with Gasteiger partial charge in [0.2, 0.25) is 5.91 Å². The summed E-state index contributed by atoms with van der Waals surface area (Å²) in [6.07, 6.45) is 8.03. The first kappa shape index (κ1) is 22.6. The fourth-order valence-corrected chi connectivity index (χ4v) is 4.88. The Labute approximate surface area is 188 Å². The van der Waals surface area contributed by atoms with E-state index in [1.807, 2.05) is 18.0 Å². The lowest BCUT2D eigenvalue weighted by Gasteiger charge is -2.42. The summed E-state index contributed by atoms with van der Waals surface area (Å²) in [5.74, 6) is 0.353. The average molecular weight is 442 g/mol. The van der Waals surface area contributed by atoms with E-state index < -0.39 is 11.0 Å². The van der Waals surface area contributed by atoms with E-state index >= 15 is 0 Å². The maximum absolute atomic E-state index is 14.4. The van der Waals surface area contributed by atoms with Crippen molar-refractivity contribution in [3.8, 4) is 0 Å². The number of aromatic nitrogens is 2. The Kier molecular flexibility index (Phi) is 6.71. The van der Waals surface area contributed by atoms with Gasteiger partial charge in [-0.15, -0.1) is 0 Å². The topological polar surface area (TPSA) is 81.6 Å². The predicted octanol–water partition coefficient (Wildman–Crippen LogP) is 2.02. The van der Waals surface area contributed by atoms with Crippen LogP contribution in [0.3, 0.4) is 0 Å². The molecule has 1 aromatic carbocycles. The number of halogens is 1. The summed E-state index contributed by atoms with van der Waals surface area (Å²) < 4.78 is 14.4. The van der Waals surface area contributed by atoms with Crippen molar-refractivity contribution >= 4 is 11.7 Å². The molecule has 0 unspecified atom stereocenters. The second kappa shape index (κ2) is 9.50. The average Bonchev–Trinajstić information content (AvgIpc) is 2.81. The van der Waals surface area contributed by atoms with Gasteiger partial charge in [0.25, 0.3) is 0 Å². The summed E-state index contributed by atoms with van der Waals surface area (Å²) in [6, 6.07) is 6.68. The first-order valence-electron chi connectivity index (χ1n) is 11.3. The van der Waals surface area contributed by atoms with Gasteiger partial charge in [0, 0.05) is 32.0 Å². The summed E-state index contributed by atoms with van der Waals surface area (Å²) in [5, 5.41) is 14.3. The van der Waals surface area contributed by atoms with Crippen molar-refractivity contribution in [2.75, 3.05) is 44.7 Å². The van der Waals surface area contributed by atoms with Gasteiger partial charge in [-0.25, -0.2) is 9.37 Å². The van der Waals surface area contributed by atoms with Crippen LogP contribution in [0.4, 0.5) is 10.2 Å². The Morgan fingerprint density at radius 3 is 2.69 bits per heavy atom. The molecule has 2 aliphatic rings. The van der Waals surface area contributed by atoms with E-state index in [1.165, 1.54) is 6.07 Å². The van der Waals surface area contributed by atoms with Crippen LogP contribution in [-0.2, 0) is 11.2 Å². The molecule has 2 fully saturated rings. The number of likely N-dealkylation sites (tertiary alicyclic amines) is 1. The number of carbonyl (C=O) groups is 1. The third-order valence-corrected chi connectivity index (χ3v) is 6.92. The van der Waals surface area contributed by atoms with Crippen LogP contribution in [0, 0.1) is 11.2 Å². The maximum Gasteiger partial charge on any atom is 0.226 e. The van der Waals surface area contributed by atoms with Gasteiger partial charge in [-0.3, -0.25) is 9.78 Å². The smallest absolute Gasteiger partial charge is 0.226 e. The van der Waals surface area contributed by atoms with Gasteiger partial charge in [-0.2, -0.15) is 0 Å². The summed E-state index contributed by atoms with van der Waals surface area (Å²) >= 11 is 0. The molecule has 0 saturated carbocycles. The van der Waals surface area contributed by atoms with E-state index in [0.29, 0.717) is 37.8 Å². The number of amides is 1. The molecule has 172 valence electrons. The Balaban J connectivity index is 1.45. The highest BCUT2D eigenvalue weighted by atomic mass is 19.1. The number of hydrogen-bond acceptors (Lipinski definition) is 6. The zero-order valence-corrected chi connectivity index (χ0v) is 18.6. The number of β-amino-alcohol motifs (C(OH)–C–C–N with tert-alkyl or cyclic N) is 1. The van der Waals surface area contributed by atoms with Gasteiger partial charge in [0.05, 0.1) is 17.2 Å². The van der Waals surface area contributed by atoms with Gasteiger partial charge in [0.15, 0.2) is 0 Å². The Bertz CT molecular complexity index is 920. The molecule has 1 atom stereocenters. The number of anilines is 1. The largest absolute Gasteiger partial charge is 0.386 e. The number of benzene rings is 1. The molecule has 1 aromatic heterocycles. The Morgan fingerprint density at radius 1 is 1.19 bits per heavy atom. The molecule has 4 rings (SSSR count). The Morgan fingerprint density at radius 2 is 1.97 bits per heavy atom. The number of piperidine rings is 2. The van der Waals surface area contributed by atoms with Crippen molar-refractivity contribution in [2.24, 2.45) is 5.41 Å². The second-order valence-electron chi connectivity index (χ2n) is 9.35. The van der Waals surface area contributed by atoms with Crippen molar-refractivity contribution in [2.45, 2.75) is 37.7 Å². The minimum Gasteiger partial charge on any atom is -0.386 e. The third kappa shape index (κ3) is 5.07. The monoisotopic (exact) mass is 441 g/mol. The quantitative estimate of drug-likeness (QED) is 0.714. The van der Waals surface area contributed by atoms with Gasteiger partial charge < -0.3 is 20.2 Å². The van der Waals surface area contributed by atoms with Crippen molar-refractivity contribution in [3.63, 3.8) is 0 Å². The van der Waals surface area contributed by atoms with Crippen LogP contribution in [0.15, 0.2) is 42.9 Å². The molecule has 2 saturated heterocycles. The molecule has 7 nitrogen and oxygen atoms in total. The van der Waals surface area contributed by atoms with Crippen molar-refractivity contribution in [1.29, 1.82) is 0 Å². The van der Waals surface area contributed by atoms with Crippen molar-refractivity contribution in [1.82, 2.24) is 20.2 Å². The molecule has 0 aliphatic carbocycles. The van der Waals surface area contributed by atoms with Gasteiger partial charge >= 0.3 is 0 Å². The van der Waals surface area contributed by atoms with Crippen LogP contribution in [0.5, 0.6) is 0 Å². The number of rotatable bonds is 6. The van der Waals surface area contributed by atoms with E-state index in [0.717, 1.165) is 31.9 Å². The van der Waals surface area contributed by atoms with Crippen LogP contribution >= 0.6 is 0 Å². The van der Waals surface area contributed by atoms with Gasteiger partial charge in [0.1, 0.15) is 11.6 Å². The molecule has 0 radical (unpaired) electrons. The molecule has 1 amide bonds. The minimum absolute atomic E-state index is 0.0982. The van der Waals surface area contributed by atoms with E-state index in [9.17, 15) is 14.3 Å². The second-order valence-corrected chi connectivity index (χ2v) is 9.35. The molecular weight excluding hydrogens is 409 g/mol. The lowest BCUT2D eigenvalue weighted by atomic mass is 9.72. The number of nitrogens with one attached hydrogen (secondary N) is 1. The fourth-order valence-electron chi connectivity index (χ4n) is 4.88. The fraction of sp³-hybridized carbons (Fsp3) is 0.542. The highest BCUT2D eigenvalue weighted by molar-refractivity contribution is 5.83. The lowest BCUT2D eigenvalue weighted by Crippen LogP contribution is -2.57. The summed E-state index contributed by atoms with van der Waals surface area (Å²) in [5.41, 5.74) is -1.15. The normalized spacial score (nSPS) is 23.7. The molecule has 0 spiro atoms. The minimum atomic E-state index is -1.05. The van der Waals surface area contributed by atoms with Crippen LogP contribution in [0.2, 0.25) is 0 Å². The van der Waals surface area contributed by atoms with E-state index in [2.05, 4.69) is 20.2 Å². The van der Waals surface area contributed by atoms with E-state index in [4.69, 9.17) is 0 Å². The summed E-state index contributed by atoms with van der Waals surface area (Å²) in [4.78, 5) is 26.1. The van der Waals surface area contributed by atoms with E-state index in [1.54, 1.807) is 30.7 Å². The standard InChI is InChI=1S/C24H32FN5O2/c1-29-13-8-23(9-14-29,15-19-5-2-3-6-20(19)25)22(31)28-17-24(32)7-4-12-30(18-24)21-16-26-10-11-27-21/h2-3,5-6,10-11,16,32H,4,7-9,12-15,17-18H2,1H3,(H,28,31)/t24-/m1/s1. The van der Waals surface area contributed by atoms with E-state index in [-0.39, 0.29) is 18.3 Å². The third-order valence-electron chi connectivity index (χ3n) is 6.92. The molecule has 3 heterocycles. The number of nitrogens with zero attached hydrogens (tertiary/aromatic N) is 4. The highest BCUT2D eigenvalue weighted by Crippen LogP contribution is 2.36. The van der Waals surface area contributed by atoms with Crippen LogP contribution in [-0.4, -0.2) is 71.3 Å². The van der Waals surface area contributed by atoms with Gasteiger partial charge in [-0.05, 0) is 63.9 Å².